The lowest BCUT2D eigenvalue weighted by atomic mass is 10.1. The highest BCUT2D eigenvalue weighted by atomic mass is 16.8. The van der Waals surface area contributed by atoms with E-state index in [1.807, 2.05) is 52.8 Å². The third-order valence-corrected chi connectivity index (χ3v) is 6.29. The Hall–Kier alpha value is -1.10. The van der Waals surface area contributed by atoms with Crippen LogP contribution in [0.2, 0.25) is 0 Å². The molecule has 0 aromatic heterocycles. The first-order valence-corrected chi connectivity index (χ1v) is 12.0. The summed E-state index contributed by atoms with van der Waals surface area (Å²) >= 11 is 0. The van der Waals surface area contributed by atoms with Crippen LogP contribution in [-0.2, 0) is 39.8 Å². The first-order valence-electron chi connectivity index (χ1n) is 12.0. The predicted octanol–water partition coefficient (Wildman–Crippen LogP) is 3.49. The summed E-state index contributed by atoms with van der Waals surface area (Å²) < 4.78 is 40.1. The van der Waals surface area contributed by atoms with Gasteiger partial charge < -0.3 is 38.3 Å². The number of aliphatic hydroxyl groups excluding tert-OH is 1. The predicted molar refractivity (Wildman–Crippen MR) is 119 cm³/mol. The lowest BCUT2D eigenvalue weighted by molar-refractivity contribution is -0.219. The Morgan fingerprint density at radius 1 is 0.788 bits per heavy atom. The van der Waals surface area contributed by atoms with E-state index in [2.05, 4.69) is 19.1 Å². The first kappa shape index (κ1) is 25.0. The molecule has 1 N–H and O–H groups in total. The van der Waals surface area contributed by atoms with Crippen LogP contribution in [0.4, 0.5) is 0 Å². The Balaban J connectivity index is 0.000000172. The van der Waals surface area contributed by atoms with Crippen molar-refractivity contribution in [2.45, 2.75) is 122 Å². The molecule has 0 radical (unpaired) electrons. The second kappa shape index (κ2) is 9.87. The van der Waals surface area contributed by atoms with Crippen molar-refractivity contribution in [3.05, 3.63) is 35.9 Å². The van der Waals surface area contributed by atoms with Gasteiger partial charge in [0.1, 0.15) is 24.4 Å². The topological polar surface area (TPSA) is 84.8 Å². The Labute approximate surface area is 196 Å². The molecule has 1 aromatic rings. The standard InChI is InChI=1S/C16H22O4.C9H16O4/c1-4-12-13(17-10-11-8-6-5-7-9-11)14-15(18-12)20-16(2,3)19-14;1-4-5-6(10)7-8(11-5)13-9(2,3)12-7/h5-9,12-15H,4,10H2,1-3H3;5-8,10H,4H2,1-3H3/t12-,13?,14+,15+;5-,6?,7+,8+/m11/s1. The fraction of sp³-hybridized carbons (Fsp3) is 0.760. The molecule has 0 amide bonds. The largest absolute Gasteiger partial charge is 0.387 e. The van der Waals surface area contributed by atoms with E-state index in [-0.39, 0.29) is 36.8 Å². The van der Waals surface area contributed by atoms with Gasteiger partial charge in [0.15, 0.2) is 24.2 Å². The zero-order valence-electron chi connectivity index (χ0n) is 20.4. The molecule has 0 saturated carbocycles. The van der Waals surface area contributed by atoms with Crippen LogP contribution in [0.15, 0.2) is 30.3 Å². The molecule has 4 aliphatic heterocycles. The van der Waals surface area contributed by atoms with Crippen molar-refractivity contribution < 1.29 is 38.3 Å². The second-order valence-electron chi connectivity index (χ2n) is 9.85. The smallest absolute Gasteiger partial charge is 0.190 e. The summed E-state index contributed by atoms with van der Waals surface area (Å²) in [5.74, 6) is -1.22. The molecule has 0 aliphatic carbocycles. The van der Waals surface area contributed by atoms with Gasteiger partial charge in [0.2, 0.25) is 0 Å². The maximum absolute atomic E-state index is 9.76. The SMILES string of the molecule is CC[C@H]1O[C@H]2OC(C)(C)O[C@H]2C1O.CC[C@H]1O[C@H]2OC(C)(C)O[C@H]2C1OCc1ccccc1. The molecule has 4 fully saturated rings. The summed E-state index contributed by atoms with van der Waals surface area (Å²) in [5.41, 5.74) is 1.16. The van der Waals surface area contributed by atoms with Crippen LogP contribution in [-0.4, -0.2) is 65.9 Å². The minimum absolute atomic E-state index is 0.0322. The van der Waals surface area contributed by atoms with Crippen molar-refractivity contribution in [3.63, 3.8) is 0 Å². The van der Waals surface area contributed by atoms with Crippen LogP contribution in [0, 0.1) is 0 Å². The Kier molecular flexibility index (Phi) is 7.48. The van der Waals surface area contributed by atoms with Crippen LogP contribution >= 0.6 is 0 Å². The van der Waals surface area contributed by atoms with Crippen molar-refractivity contribution in [3.8, 4) is 0 Å². The van der Waals surface area contributed by atoms with Gasteiger partial charge in [0.25, 0.3) is 0 Å². The first-order chi connectivity index (χ1) is 15.6. The van der Waals surface area contributed by atoms with E-state index in [0.29, 0.717) is 6.61 Å². The van der Waals surface area contributed by atoms with Crippen molar-refractivity contribution in [1.29, 1.82) is 0 Å². The van der Waals surface area contributed by atoms with Crippen molar-refractivity contribution >= 4 is 0 Å². The monoisotopic (exact) mass is 466 g/mol. The van der Waals surface area contributed by atoms with Crippen LogP contribution in [0.25, 0.3) is 0 Å². The maximum atomic E-state index is 9.76. The molecule has 186 valence electrons. The van der Waals surface area contributed by atoms with E-state index >= 15 is 0 Å². The molecule has 0 spiro atoms. The third-order valence-electron chi connectivity index (χ3n) is 6.29. The van der Waals surface area contributed by atoms with E-state index in [1.165, 1.54) is 0 Å². The highest BCUT2D eigenvalue weighted by Crippen LogP contribution is 2.40. The molecule has 8 nitrogen and oxygen atoms in total. The van der Waals surface area contributed by atoms with Gasteiger partial charge in [-0.2, -0.15) is 0 Å². The summed E-state index contributed by atoms with van der Waals surface area (Å²) in [6, 6.07) is 10.2. The van der Waals surface area contributed by atoms with Gasteiger partial charge in [-0.1, -0.05) is 44.2 Å². The van der Waals surface area contributed by atoms with E-state index in [9.17, 15) is 5.11 Å². The van der Waals surface area contributed by atoms with Gasteiger partial charge in [-0.15, -0.1) is 0 Å². The summed E-state index contributed by atoms with van der Waals surface area (Å²) in [4.78, 5) is 0. The molecule has 1 aromatic carbocycles. The van der Waals surface area contributed by atoms with Crippen LogP contribution in [0.5, 0.6) is 0 Å². The molecule has 5 rings (SSSR count). The molecule has 4 heterocycles. The number of rotatable bonds is 5. The van der Waals surface area contributed by atoms with Gasteiger partial charge >= 0.3 is 0 Å². The lowest BCUT2D eigenvalue weighted by Gasteiger charge is -2.25. The van der Waals surface area contributed by atoms with Crippen molar-refractivity contribution in [1.82, 2.24) is 0 Å². The Morgan fingerprint density at radius 2 is 1.33 bits per heavy atom. The molecule has 8 heteroatoms. The van der Waals surface area contributed by atoms with Gasteiger partial charge in [-0.25, -0.2) is 0 Å². The molecule has 4 aliphatic rings. The second-order valence-corrected chi connectivity index (χ2v) is 9.85. The summed E-state index contributed by atoms with van der Waals surface area (Å²) in [5, 5.41) is 9.76. The molecule has 33 heavy (non-hydrogen) atoms. The number of hydrogen-bond acceptors (Lipinski definition) is 8. The van der Waals surface area contributed by atoms with E-state index in [4.69, 9.17) is 33.2 Å². The van der Waals surface area contributed by atoms with Crippen LogP contribution in [0.1, 0.15) is 59.9 Å². The molecule has 8 atom stereocenters. The van der Waals surface area contributed by atoms with E-state index in [1.54, 1.807) is 0 Å². The number of ether oxygens (including phenoxy) is 7. The average molecular weight is 467 g/mol. The summed E-state index contributed by atoms with van der Waals surface area (Å²) in [6.45, 7) is 12.1. The van der Waals surface area contributed by atoms with Crippen LogP contribution in [0.3, 0.4) is 0 Å². The number of fused-ring (bicyclic) bond motifs is 2. The molecular weight excluding hydrogens is 428 g/mol. The third kappa shape index (κ3) is 5.60. The highest BCUT2D eigenvalue weighted by molar-refractivity contribution is 5.13. The molecule has 0 bridgehead atoms. The minimum Gasteiger partial charge on any atom is -0.387 e. The summed E-state index contributed by atoms with van der Waals surface area (Å²) in [7, 11) is 0. The Morgan fingerprint density at radius 3 is 1.91 bits per heavy atom. The highest BCUT2D eigenvalue weighted by Gasteiger charge is 2.55. The zero-order chi connectivity index (χ0) is 23.8. The normalized spacial score (nSPS) is 40.2. The molecular formula is C25H38O8. The number of hydrogen-bond donors (Lipinski definition) is 1. The minimum atomic E-state index is -0.630. The zero-order valence-corrected chi connectivity index (χ0v) is 20.4. The quantitative estimate of drug-likeness (QED) is 0.706. The van der Waals surface area contributed by atoms with E-state index in [0.717, 1.165) is 18.4 Å². The van der Waals surface area contributed by atoms with Crippen molar-refractivity contribution in [2.75, 3.05) is 0 Å². The molecule has 2 unspecified atom stereocenters. The fourth-order valence-corrected chi connectivity index (χ4v) is 4.74. The Bertz CT molecular complexity index is 769. The summed E-state index contributed by atoms with van der Waals surface area (Å²) in [6.07, 6.45) is -0.245. The van der Waals surface area contributed by atoms with E-state index < -0.39 is 24.0 Å². The van der Waals surface area contributed by atoms with Crippen LogP contribution < -0.4 is 0 Å². The van der Waals surface area contributed by atoms with Gasteiger partial charge in [-0.3, -0.25) is 0 Å². The van der Waals surface area contributed by atoms with Gasteiger partial charge in [-0.05, 0) is 46.1 Å². The number of benzene rings is 1. The lowest BCUT2D eigenvalue weighted by Crippen LogP contribution is -2.36. The van der Waals surface area contributed by atoms with Gasteiger partial charge in [0.05, 0.1) is 18.8 Å². The maximum Gasteiger partial charge on any atom is 0.190 e. The number of aliphatic hydroxyl groups is 1. The fourth-order valence-electron chi connectivity index (χ4n) is 4.74. The molecule has 4 saturated heterocycles. The van der Waals surface area contributed by atoms with Crippen molar-refractivity contribution in [2.24, 2.45) is 0 Å². The average Bonchev–Trinajstić information content (AvgIpc) is 3.43. The van der Waals surface area contributed by atoms with Gasteiger partial charge in [0, 0.05) is 0 Å².